The molecule has 0 amide bonds. The van der Waals surface area contributed by atoms with E-state index in [-0.39, 0.29) is 6.04 Å². The first-order valence-electron chi connectivity index (χ1n) is 8.87. The molecule has 1 aliphatic heterocycles. The summed E-state index contributed by atoms with van der Waals surface area (Å²) >= 11 is 0. The van der Waals surface area contributed by atoms with Gasteiger partial charge in [-0.15, -0.1) is 0 Å². The van der Waals surface area contributed by atoms with Gasteiger partial charge in [0.2, 0.25) is 10.0 Å². The van der Waals surface area contributed by atoms with E-state index in [1.807, 2.05) is 63.6 Å². The Labute approximate surface area is 156 Å². The maximum absolute atomic E-state index is 13.3. The van der Waals surface area contributed by atoms with Gasteiger partial charge in [0.15, 0.2) is 0 Å². The predicted octanol–water partition coefficient (Wildman–Crippen LogP) is 2.43. The average molecular weight is 374 g/mol. The zero-order valence-corrected chi connectivity index (χ0v) is 16.5. The second-order valence-corrected chi connectivity index (χ2v) is 9.08. The third-order valence-electron chi connectivity index (χ3n) is 4.75. The van der Waals surface area contributed by atoms with Crippen LogP contribution in [-0.2, 0) is 16.6 Å². The fraction of sp³-hybridized carbons (Fsp3) is 0.400. The highest BCUT2D eigenvalue weighted by Crippen LogP contribution is 2.30. The van der Waals surface area contributed by atoms with E-state index in [4.69, 9.17) is 0 Å². The van der Waals surface area contributed by atoms with Crippen molar-refractivity contribution in [2.45, 2.75) is 17.5 Å². The molecule has 1 heterocycles. The zero-order chi connectivity index (χ0) is 18.7. The number of benzene rings is 2. The van der Waals surface area contributed by atoms with Crippen molar-refractivity contribution in [3.8, 4) is 0 Å². The minimum absolute atomic E-state index is 0.165. The lowest BCUT2D eigenvalue weighted by Gasteiger charge is -2.39. The molecule has 0 aliphatic carbocycles. The third-order valence-corrected chi connectivity index (χ3v) is 6.67. The SMILES string of the molecule is CN(C)Cc1ccc(S(=O)(=O)N2CCN(C)CC2c2ccccc2)cc1. The first-order valence-corrected chi connectivity index (χ1v) is 10.3. The topological polar surface area (TPSA) is 43.9 Å². The maximum atomic E-state index is 13.3. The second kappa shape index (κ2) is 7.88. The zero-order valence-electron chi connectivity index (χ0n) is 15.7. The normalized spacial score (nSPS) is 19.8. The molecule has 3 rings (SSSR count). The van der Waals surface area contributed by atoms with Gasteiger partial charge in [-0.25, -0.2) is 8.42 Å². The van der Waals surface area contributed by atoms with Crippen LogP contribution in [0.3, 0.4) is 0 Å². The van der Waals surface area contributed by atoms with E-state index in [1.54, 1.807) is 16.4 Å². The lowest BCUT2D eigenvalue weighted by molar-refractivity contribution is 0.160. The van der Waals surface area contributed by atoms with Crippen LogP contribution >= 0.6 is 0 Å². The molecule has 5 nitrogen and oxygen atoms in total. The summed E-state index contributed by atoms with van der Waals surface area (Å²) in [6.07, 6.45) is 0. The molecule has 1 saturated heterocycles. The van der Waals surface area contributed by atoms with Crippen molar-refractivity contribution >= 4 is 10.0 Å². The van der Waals surface area contributed by atoms with Crippen molar-refractivity contribution in [2.24, 2.45) is 0 Å². The van der Waals surface area contributed by atoms with Crippen LogP contribution in [0.4, 0.5) is 0 Å². The number of piperazine rings is 1. The van der Waals surface area contributed by atoms with E-state index in [0.717, 1.165) is 24.2 Å². The molecule has 0 bridgehead atoms. The molecule has 140 valence electrons. The molecule has 2 aromatic rings. The Morgan fingerprint density at radius 3 is 2.27 bits per heavy atom. The molecule has 0 aromatic heterocycles. The fourth-order valence-corrected chi connectivity index (χ4v) is 5.00. The summed E-state index contributed by atoms with van der Waals surface area (Å²) < 4.78 is 28.3. The standard InChI is InChI=1S/C20H27N3O2S/c1-21(2)15-17-9-11-19(12-10-17)26(24,25)23-14-13-22(3)16-20(23)18-7-5-4-6-8-18/h4-12,20H,13-16H2,1-3H3. The van der Waals surface area contributed by atoms with Gasteiger partial charge < -0.3 is 9.80 Å². The molecule has 1 fully saturated rings. The number of sulfonamides is 1. The van der Waals surface area contributed by atoms with Crippen LogP contribution in [0, 0.1) is 0 Å². The Bertz CT molecular complexity index is 820. The van der Waals surface area contributed by atoms with Gasteiger partial charge >= 0.3 is 0 Å². The van der Waals surface area contributed by atoms with Gasteiger partial charge in [-0.05, 0) is 44.4 Å². The molecular weight excluding hydrogens is 346 g/mol. The first-order chi connectivity index (χ1) is 12.4. The fourth-order valence-electron chi connectivity index (χ4n) is 3.40. The van der Waals surface area contributed by atoms with Crippen molar-refractivity contribution in [3.05, 3.63) is 65.7 Å². The molecule has 6 heteroatoms. The van der Waals surface area contributed by atoms with Crippen LogP contribution in [0.2, 0.25) is 0 Å². The predicted molar refractivity (Wildman–Crippen MR) is 104 cm³/mol. The van der Waals surface area contributed by atoms with Crippen LogP contribution in [0.25, 0.3) is 0 Å². The summed E-state index contributed by atoms with van der Waals surface area (Å²) in [6, 6.07) is 17.0. The van der Waals surface area contributed by atoms with E-state index in [1.165, 1.54) is 0 Å². The van der Waals surface area contributed by atoms with Crippen molar-refractivity contribution in [2.75, 3.05) is 40.8 Å². The molecule has 0 spiro atoms. The molecule has 1 atom stereocenters. The number of likely N-dealkylation sites (N-methyl/N-ethyl adjacent to an activating group) is 1. The van der Waals surface area contributed by atoms with E-state index >= 15 is 0 Å². The average Bonchev–Trinajstić information content (AvgIpc) is 2.62. The number of hydrogen-bond acceptors (Lipinski definition) is 4. The van der Waals surface area contributed by atoms with Crippen LogP contribution < -0.4 is 0 Å². The van der Waals surface area contributed by atoms with Gasteiger partial charge in [-0.1, -0.05) is 42.5 Å². The van der Waals surface area contributed by atoms with Crippen LogP contribution in [0.5, 0.6) is 0 Å². The number of hydrogen-bond donors (Lipinski definition) is 0. The molecule has 26 heavy (non-hydrogen) atoms. The van der Waals surface area contributed by atoms with Crippen molar-refractivity contribution < 1.29 is 8.42 Å². The summed E-state index contributed by atoms with van der Waals surface area (Å²) in [5.41, 5.74) is 2.14. The number of rotatable bonds is 5. The lowest BCUT2D eigenvalue weighted by atomic mass is 10.1. The highest BCUT2D eigenvalue weighted by atomic mass is 32.2. The smallest absolute Gasteiger partial charge is 0.243 e. The van der Waals surface area contributed by atoms with Crippen LogP contribution in [-0.4, -0.2) is 63.3 Å². The van der Waals surface area contributed by atoms with Crippen LogP contribution in [0.15, 0.2) is 59.5 Å². The summed E-state index contributed by atoms with van der Waals surface area (Å²) in [7, 11) is 2.50. The molecule has 1 unspecified atom stereocenters. The Morgan fingerprint density at radius 1 is 1.00 bits per heavy atom. The third kappa shape index (κ3) is 4.15. The lowest BCUT2D eigenvalue weighted by Crippen LogP contribution is -2.49. The molecule has 0 saturated carbocycles. The van der Waals surface area contributed by atoms with Gasteiger partial charge in [-0.2, -0.15) is 4.31 Å². The first kappa shape index (κ1) is 19.0. The molecule has 2 aromatic carbocycles. The summed E-state index contributed by atoms with van der Waals surface area (Å²) in [5, 5.41) is 0. The van der Waals surface area contributed by atoms with E-state index in [9.17, 15) is 8.42 Å². The molecular formula is C20H27N3O2S. The Kier molecular flexibility index (Phi) is 5.77. The summed E-state index contributed by atoms with van der Waals surface area (Å²) in [5.74, 6) is 0. The highest BCUT2D eigenvalue weighted by Gasteiger charge is 2.35. The molecule has 0 radical (unpaired) electrons. The minimum atomic E-state index is -3.53. The van der Waals surface area contributed by atoms with Crippen molar-refractivity contribution in [1.82, 2.24) is 14.1 Å². The van der Waals surface area contributed by atoms with Crippen LogP contribution in [0.1, 0.15) is 17.2 Å². The Balaban J connectivity index is 1.91. The highest BCUT2D eigenvalue weighted by molar-refractivity contribution is 7.89. The quantitative estimate of drug-likeness (QED) is 0.807. The second-order valence-electron chi connectivity index (χ2n) is 7.19. The van der Waals surface area contributed by atoms with Crippen molar-refractivity contribution in [1.29, 1.82) is 0 Å². The molecule has 1 aliphatic rings. The van der Waals surface area contributed by atoms with Gasteiger partial charge in [0.05, 0.1) is 10.9 Å². The summed E-state index contributed by atoms with van der Waals surface area (Å²) in [6.45, 7) is 2.72. The minimum Gasteiger partial charge on any atom is -0.305 e. The van der Waals surface area contributed by atoms with Gasteiger partial charge in [0.1, 0.15) is 0 Å². The Hall–Kier alpha value is -1.73. The van der Waals surface area contributed by atoms with E-state index in [0.29, 0.717) is 18.0 Å². The largest absolute Gasteiger partial charge is 0.305 e. The number of nitrogens with zero attached hydrogens (tertiary/aromatic N) is 3. The Morgan fingerprint density at radius 2 is 1.65 bits per heavy atom. The maximum Gasteiger partial charge on any atom is 0.243 e. The van der Waals surface area contributed by atoms with Crippen molar-refractivity contribution in [3.63, 3.8) is 0 Å². The van der Waals surface area contributed by atoms with E-state index in [2.05, 4.69) is 9.80 Å². The summed E-state index contributed by atoms with van der Waals surface area (Å²) in [4.78, 5) is 4.62. The van der Waals surface area contributed by atoms with Gasteiger partial charge in [0.25, 0.3) is 0 Å². The van der Waals surface area contributed by atoms with Gasteiger partial charge in [0, 0.05) is 26.2 Å². The monoisotopic (exact) mass is 373 g/mol. The van der Waals surface area contributed by atoms with Gasteiger partial charge in [-0.3, -0.25) is 0 Å². The molecule has 0 N–H and O–H groups in total. The van der Waals surface area contributed by atoms with E-state index < -0.39 is 10.0 Å².